The van der Waals surface area contributed by atoms with Crippen molar-refractivity contribution < 1.29 is 36.2 Å². The zero-order valence-electron chi connectivity index (χ0n) is 13.2. The summed E-state index contributed by atoms with van der Waals surface area (Å²) in [5.74, 6) is -11.1. The summed E-state index contributed by atoms with van der Waals surface area (Å²) in [5, 5.41) is 10.2. The van der Waals surface area contributed by atoms with Crippen LogP contribution in [0.3, 0.4) is 0 Å². The Morgan fingerprint density at radius 2 is 1.85 bits per heavy atom. The summed E-state index contributed by atoms with van der Waals surface area (Å²) in [6.07, 6.45) is -3.44. The van der Waals surface area contributed by atoms with Gasteiger partial charge in [0.2, 0.25) is 0 Å². The van der Waals surface area contributed by atoms with E-state index in [1.807, 2.05) is 0 Å². The highest BCUT2D eigenvalue weighted by molar-refractivity contribution is 5.61. The average molecular weight is 385 g/mol. The number of halogens is 6. The molecular weight excluding hydrogens is 376 g/mol. The van der Waals surface area contributed by atoms with Crippen LogP contribution < -0.4 is 4.74 Å². The lowest BCUT2D eigenvalue weighted by Crippen LogP contribution is -2.48. The van der Waals surface area contributed by atoms with Gasteiger partial charge in [0.05, 0.1) is 6.57 Å². The van der Waals surface area contributed by atoms with E-state index in [0.29, 0.717) is 6.07 Å². The van der Waals surface area contributed by atoms with Gasteiger partial charge in [0.25, 0.3) is 0 Å². The summed E-state index contributed by atoms with van der Waals surface area (Å²) in [7, 11) is 0. The van der Waals surface area contributed by atoms with Crippen LogP contribution >= 0.6 is 0 Å². The minimum absolute atomic E-state index is 0.131. The van der Waals surface area contributed by atoms with Gasteiger partial charge in [-0.05, 0) is 24.3 Å². The normalized spacial score (nSPS) is 26.5. The fourth-order valence-corrected chi connectivity index (χ4v) is 3.68. The third kappa shape index (κ3) is 2.07. The average Bonchev–Trinajstić information content (AvgIpc) is 2.92. The van der Waals surface area contributed by atoms with E-state index in [9.17, 15) is 31.4 Å². The van der Waals surface area contributed by atoms with Crippen molar-refractivity contribution in [3.05, 3.63) is 64.3 Å². The molecule has 0 fully saturated rings. The van der Waals surface area contributed by atoms with Crippen LogP contribution in [-0.2, 0) is 11.5 Å². The SMILES string of the molecule is [C-]#[N+]c1cc(F)cc(Oc2ccc3c4c2[C@H](F)C[C@@]4(O)C(F)(F)C3(F)F)c1. The molecule has 0 aromatic heterocycles. The van der Waals surface area contributed by atoms with Crippen LogP contribution in [0, 0.1) is 12.4 Å². The third-order valence-electron chi connectivity index (χ3n) is 4.87. The zero-order valence-corrected chi connectivity index (χ0v) is 13.2. The van der Waals surface area contributed by atoms with Gasteiger partial charge in [0, 0.05) is 29.2 Å². The first-order valence-electron chi connectivity index (χ1n) is 7.69. The van der Waals surface area contributed by atoms with E-state index in [1.165, 1.54) is 0 Å². The Kier molecular flexibility index (Phi) is 3.38. The van der Waals surface area contributed by atoms with Crippen LogP contribution in [0.4, 0.5) is 32.0 Å². The molecule has 2 atom stereocenters. The quantitative estimate of drug-likeness (QED) is 0.546. The van der Waals surface area contributed by atoms with Gasteiger partial charge >= 0.3 is 11.8 Å². The van der Waals surface area contributed by atoms with Crippen LogP contribution in [0.25, 0.3) is 4.85 Å². The van der Waals surface area contributed by atoms with E-state index in [2.05, 4.69) is 4.85 Å². The monoisotopic (exact) mass is 385 g/mol. The fraction of sp³-hybridized carbons (Fsp3) is 0.278. The predicted molar refractivity (Wildman–Crippen MR) is 80.4 cm³/mol. The summed E-state index contributed by atoms with van der Waals surface area (Å²) in [5.41, 5.74) is -6.19. The fourth-order valence-electron chi connectivity index (χ4n) is 3.68. The number of hydrogen-bond donors (Lipinski definition) is 1. The molecule has 2 aliphatic carbocycles. The second-order valence-corrected chi connectivity index (χ2v) is 6.44. The molecular formula is C18H9F6NO2. The molecule has 27 heavy (non-hydrogen) atoms. The summed E-state index contributed by atoms with van der Waals surface area (Å²) < 4.78 is 89.9. The van der Waals surface area contributed by atoms with Gasteiger partial charge in [0.1, 0.15) is 23.5 Å². The highest BCUT2D eigenvalue weighted by Crippen LogP contribution is 2.68. The Bertz CT molecular complexity index is 1020. The van der Waals surface area contributed by atoms with Crippen molar-refractivity contribution in [2.24, 2.45) is 0 Å². The van der Waals surface area contributed by atoms with Gasteiger partial charge < -0.3 is 9.84 Å². The summed E-state index contributed by atoms with van der Waals surface area (Å²) in [6.45, 7) is 6.89. The zero-order chi connectivity index (χ0) is 19.8. The molecule has 4 rings (SSSR count). The molecule has 3 nitrogen and oxygen atoms in total. The van der Waals surface area contributed by atoms with Crippen LogP contribution in [-0.4, -0.2) is 11.0 Å². The van der Waals surface area contributed by atoms with Gasteiger partial charge in [0.15, 0.2) is 11.3 Å². The van der Waals surface area contributed by atoms with Gasteiger partial charge in [-0.15, -0.1) is 0 Å². The van der Waals surface area contributed by atoms with Crippen molar-refractivity contribution >= 4 is 5.69 Å². The molecule has 0 aliphatic heterocycles. The van der Waals surface area contributed by atoms with Gasteiger partial charge in [-0.2, -0.15) is 17.6 Å². The molecule has 9 heteroatoms. The molecule has 0 unspecified atom stereocenters. The molecule has 0 saturated carbocycles. The Labute approximate surface area is 148 Å². The Morgan fingerprint density at radius 1 is 1.15 bits per heavy atom. The largest absolute Gasteiger partial charge is 0.458 e. The number of alkyl halides is 5. The van der Waals surface area contributed by atoms with Crippen LogP contribution in [0.5, 0.6) is 11.5 Å². The van der Waals surface area contributed by atoms with E-state index < -0.39 is 58.3 Å². The minimum Gasteiger partial charge on any atom is -0.458 e. The molecule has 2 aromatic carbocycles. The third-order valence-corrected chi connectivity index (χ3v) is 4.87. The molecule has 2 aliphatic rings. The lowest BCUT2D eigenvalue weighted by Gasteiger charge is -2.30. The number of aliphatic hydroxyl groups is 1. The van der Waals surface area contributed by atoms with Crippen molar-refractivity contribution in [3.8, 4) is 11.5 Å². The van der Waals surface area contributed by atoms with E-state index in [-0.39, 0.29) is 11.4 Å². The van der Waals surface area contributed by atoms with E-state index >= 15 is 0 Å². The summed E-state index contributed by atoms with van der Waals surface area (Å²) in [4.78, 5) is 3.02. The molecule has 0 saturated heterocycles. The lowest BCUT2D eigenvalue weighted by molar-refractivity contribution is -0.287. The Morgan fingerprint density at radius 3 is 2.52 bits per heavy atom. The topological polar surface area (TPSA) is 33.8 Å². The van der Waals surface area contributed by atoms with Crippen LogP contribution in [0.1, 0.15) is 29.3 Å². The van der Waals surface area contributed by atoms with Crippen molar-refractivity contribution in [2.45, 2.75) is 30.0 Å². The van der Waals surface area contributed by atoms with E-state index in [0.717, 1.165) is 24.3 Å². The van der Waals surface area contributed by atoms with Crippen molar-refractivity contribution in [1.82, 2.24) is 0 Å². The van der Waals surface area contributed by atoms with Crippen molar-refractivity contribution in [1.29, 1.82) is 0 Å². The summed E-state index contributed by atoms with van der Waals surface area (Å²) >= 11 is 0. The smallest absolute Gasteiger partial charge is 0.346 e. The predicted octanol–water partition coefficient (Wildman–Crippen LogP) is 5.51. The first kappa shape index (κ1) is 17.7. The number of nitrogens with zero attached hydrogens (tertiary/aromatic N) is 1. The van der Waals surface area contributed by atoms with Crippen LogP contribution in [0.2, 0.25) is 0 Å². The van der Waals surface area contributed by atoms with E-state index in [1.54, 1.807) is 0 Å². The molecule has 1 N–H and O–H groups in total. The molecule has 0 bridgehead atoms. The van der Waals surface area contributed by atoms with Crippen molar-refractivity contribution in [2.75, 3.05) is 0 Å². The number of rotatable bonds is 2. The highest BCUT2D eigenvalue weighted by atomic mass is 19.3. The molecule has 0 radical (unpaired) electrons. The maximum atomic E-state index is 14.5. The maximum absolute atomic E-state index is 14.5. The number of ether oxygens (including phenoxy) is 1. The molecule has 0 heterocycles. The second-order valence-electron chi connectivity index (χ2n) is 6.44. The molecule has 0 amide bonds. The first-order valence-corrected chi connectivity index (χ1v) is 7.69. The first-order chi connectivity index (χ1) is 12.5. The minimum atomic E-state index is -4.90. The van der Waals surface area contributed by atoms with Crippen LogP contribution in [0.15, 0.2) is 30.3 Å². The number of benzene rings is 2. The van der Waals surface area contributed by atoms with Gasteiger partial charge in [-0.25, -0.2) is 13.6 Å². The van der Waals surface area contributed by atoms with Crippen molar-refractivity contribution in [3.63, 3.8) is 0 Å². The molecule has 2 aromatic rings. The second kappa shape index (κ2) is 5.16. The summed E-state index contributed by atoms with van der Waals surface area (Å²) in [6, 6.07) is 4.40. The molecule has 140 valence electrons. The van der Waals surface area contributed by atoms with E-state index in [4.69, 9.17) is 11.3 Å². The Hall–Kier alpha value is -2.73. The Balaban J connectivity index is 1.89. The molecule has 0 spiro atoms. The van der Waals surface area contributed by atoms with Gasteiger partial charge in [-0.3, -0.25) is 0 Å². The van der Waals surface area contributed by atoms with Gasteiger partial charge in [-0.1, -0.05) is 0 Å². The number of hydrogen-bond acceptors (Lipinski definition) is 2. The standard InChI is InChI=1S/C18H9F6NO2/c1-25-9-4-8(19)5-10(6-9)27-13-3-2-11-15-14(13)12(20)7-16(15,26)18(23,24)17(11,21)22/h2-6,12,26H,7H2/t12-,16+/m1/s1. The highest BCUT2D eigenvalue weighted by Gasteiger charge is 2.79. The lowest BCUT2D eigenvalue weighted by atomic mass is 9.95. The maximum Gasteiger partial charge on any atom is 0.346 e.